The zero-order chi connectivity index (χ0) is 18.7. The lowest BCUT2D eigenvalue weighted by atomic mass is 10.1. The molecule has 1 aromatic heterocycles. The van der Waals surface area contributed by atoms with E-state index >= 15 is 0 Å². The number of nitrogens with zero attached hydrogens (tertiary/aromatic N) is 2. The zero-order valence-corrected chi connectivity index (χ0v) is 16.1. The van der Waals surface area contributed by atoms with Crippen molar-refractivity contribution >= 4 is 33.2 Å². The summed E-state index contributed by atoms with van der Waals surface area (Å²) < 4.78 is 3.09. The Morgan fingerprint density at radius 3 is 2.42 bits per heavy atom. The second-order valence-corrected chi connectivity index (χ2v) is 7.41. The lowest BCUT2D eigenvalue weighted by Gasteiger charge is -2.00. The first-order valence-electron chi connectivity index (χ1n) is 8.78. The minimum absolute atomic E-state index is 0.0179. The minimum atomic E-state index is -0.298. The van der Waals surface area contributed by atoms with Gasteiger partial charge in [-0.3, -0.25) is 9.59 Å². The number of amides is 1. The molecule has 1 heterocycles. The molecular formula is C21H22N2O2S. The van der Waals surface area contributed by atoms with Crippen LogP contribution in [0.3, 0.4) is 0 Å². The van der Waals surface area contributed by atoms with Crippen LogP contribution >= 0.6 is 11.3 Å². The number of unbranched alkanes of at least 4 members (excludes halogenated alkanes) is 1. The third kappa shape index (κ3) is 3.83. The molecule has 5 heteroatoms. The highest BCUT2D eigenvalue weighted by atomic mass is 32.1. The monoisotopic (exact) mass is 366 g/mol. The molecule has 2 aromatic carbocycles. The Bertz CT molecular complexity index is 1030. The molecule has 3 rings (SSSR count). The molecule has 0 fully saturated rings. The minimum Gasteiger partial charge on any atom is -0.319 e. The fourth-order valence-electron chi connectivity index (χ4n) is 2.82. The predicted molar refractivity (Wildman–Crippen MR) is 106 cm³/mol. The smallest absolute Gasteiger partial charge is 0.279 e. The molecule has 134 valence electrons. The molecule has 1 amide bonds. The van der Waals surface area contributed by atoms with Crippen molar-refractivity contribution in [3.63, 3.8) is 0 Å². The van der Waals surface area contributed by atoms with Crippen LogP contribution in [0.1, 0.15) is 53.0 Å². The van der Waals surface area contributed by atoms with Crippen molar-refractivity contribution in [2.75, 3.05) is 0 Å². The van der Waals surface area contributed by atoms with E-state index in [0.29, 0.717) is 15.9 Å². The molecule has 0 bridgehead atoms. The van der Waals surface area contributed by atoms with Crippen LogP contribution in [0, 0.1) is 0 Å². The molecule has 0 saturated heterocycles. The first kappa shape index (κ1) is 18.3. The van der Waals surface area contributed by atoms with E-state index in [9.17, 15) is 9.59 Å². The van der Waals surface area contributed by atoms with E-state index in [1.165, 1.54) is 36.7 Å². The topological polar surface area (TPSA) is 51.4 Å². The van der Waals surface area contributed by atoms with Gasteiger partial charge in [-0.25, -0.2) is 0 Å². The van der Waals surface area contributed by atoms with Gasteiger partial charge in [0.15, 0.2) is 10.6 Å². The molecule has 0 aliphatic heterocycles. The lowest BCUT2D eigenvalue weighted by molar-refractivity contribution is 0.0991. The number of ketones is 1. The summed E-state index contributed by atoms with van der Waals surface area (Å²) in [5, 5.41) is 0. The molecule has 4 nitrogen and oxygen atoms in total. The van der Waals surface area contributed by atoms with Gasteiger partial charge in [-0.2, -0.15) is 4.99 Å². The van der Waals surface area contributed by atoms with Gasteiger partial charge in [-0.15, -0.1) is 0 Å². The van der Waals surface area contributed by atoms with Gasteiger partial charge < -0.3 is 4.57 Å². The van der Waals surface area contributed by atoms with Crippen LogP contribution in [0.2, 0.25) is 0 Å². The standard InChI is InChI=1S/C21H22N2O2S/c1-4-5-6-15-7-12-18-19(13-15)26-21(23(18)3)22-20(25)17-10-8-16(9-11-17)14(2)24/h7-13H,4-6H2,1-3H3. The van der Waals surface area contributed by atoms with E-state index in [-0.39, 0.29) is 11.7 Å². The van der Waals surface area contributed by atoms with Crippen LogP contribution in [0.4, 0.5) is 0 Å². The molecule has 0 N–H and O–H groups in total. The van der Waals surface area contributed by atoms with Gasteiger partial charge in [0.2, 0.25) is 0 Å². The molecule has 3 aromatic rings. The van der Waals surface area contributed by atoms with Crippen molar-refractivity contribution in [1.29, 1.82) is 0 Å². The number of hydrogen-bond donors (Lipinski definition) is 0. The molecule has 0 radical (unpaired) electrons. The van der Waals surface area contributed by atoms with Gasteiger partial charge >= 0.3 is 0 Å². The number of carbonyl (C=O) groups excluding carboxylic acids is 2. The highest BCUT2D eigenvalue weighted by molar-refractivity contribution is 7.16. The van der Waals surface area contributed by atoms with Gasteiger partial charge in [0, 0.05) is 18.2 Å². The van der Waals surface area contributed by atoms with E-state index < -0.39 is 0 Å². The van der Waals surface area contributed by atoms with E-state index in [2.05, 4.69) is 30.1 Å². The Morgan fingerprint density at radius 2 is 1.77 bits per heavy atom. The van der Waals surface area contributed by atoms with Crippen LogP contribution in [0.15, 0.2) is 47.5 Å². The Balaban J connectivity index is 1.94. The summed E-state index contributed by atoms with van der Waals surface area (Å²) in [5.74, 6) is -0.316. The highest BCUT2D eigenvalue weighted by Gasteiger charge is 2.09. The summed E-state index contributed by atoms with van der Waals surface area (Å²) in [5.41, 5.74) is 3.47. The number of aryl methyl sites for hydroxylation is 2. The van der Waals surface area contributed by atoms with E-state index in [0.717, 1.165) is 16.6 Å². The van der Waals surface area contributed by atoms with Crippen molar-refractivity contribution in [3.8, 4) is 0 Å². The van der Waals surface area contributed by atoms with Crippen molar-refractivity contribution < 1.29 is 9.59 Å². The number of benzene rings is 2. The molecule has 0 saturated carbocycles. The molecular weight excluding hydrogens is 344 g/mol. The van der Waals surface area contributed by atoms with Crippen LogP contribution in [0.25, 0.3) is 10.2 Å². The van der Waals surface area contributed by atoms with Gasteiger partial charge in [0.1, 0.15) is 0 Å². The first-order chi connectivity index (χ1) is 12.5. The normalized spacial score (nSPS) is 11.9. The van der Waals surface area contributed by atoms with Gasteiger partial charge in [-0.05, 0) is 49.6 Å². The Kier molecular flexibility index (Phi) is 5.47. The Labute approximate surface area is 156 Å². The number of hydrogen-bond acceptors (Lipinski definition) is 3. The largest absolute Gasteiger partial charge is 0.319 e. The SMILES string of the molecule is CCCCc1ccc2c(c1)sc(=NC(=O)c1ccc(C(C)=O)cc1)n2C. The second-order valence-electron chi connectivity index (χ2n) is 6.40. The predicted octanol–water partition coefficient (Wildman–Crippen LogP) is 4.53. The maximum atomic E-state index is 12.5. The summed E-state index contributed by atoms with van der Waals surface area (Å²) in [4.78, 5) is 28.8. The van der Waals surface area contributed by atoms with Crippen LogP contribution in [-0.2, 0) is 13.5 Å². The van der Waals surface area contributed by atoms with Crippen molar-refractivity contribution in [2.24, 2.45) is 12.0 Å². The van der Waals surface area contributed by atoms with E-state index in [1.54, 1.807) is 24.3 Å². The van der Waals surface area contributed by atoms with Crippen LogP contribution in [0.5, 0.6) is 0 Å². The summed E-state index contributed by atoms with van der Waals surface area (Å²) >= 11 is 1.52. The van der Waals surface area contributed by atoms with Gasteiger partial charge in [-0.1, -0.05) is 42.9 Å². The number of carbonyl (C=O) groups is 2. The third-order valence-corrected chi connectivity index (χ3v) is 5.52. The van der Waals surface area contributed by atoms with E-state index in [1.807, 2.05) is 11.6 Å². The maximum absolute atomic E-state index is 12.5. The fraction of sp³-hybridized carbons (Fsp3) is 0.286. The fourth-order valence-corrected chi connectivity index (χ4v) is 3.90. The van der Waals surface area contributed by atoms with Gasteiger partial charge in [0.25, 0.3) is 5.91 Å². The Hall–Kier alpha value is -2.53. The van der Waals surface area contributed by atoms with Crippen LogP contribution < -0.4 is 4.80 Å². The second kappa shape index (κ2) is 7.79. The molecule has 26 heavy (non-hydrogen) atoms. The van der Waals surface area contributed by atoms with Gasteiger partial charge in [0.05, 0.1) is 10.2 Å². The number of rotatable bonds is 5. The molecule has 0 atom stereocenters. The maximum Gasteiger partial charge on any atom is 0.279 e. The average Bonchev–Trinajstić information content (AvgIpc) is 2.95. The first-order valence-corrected chi connectivity index (χ1v) is 9.59. The summed E-state index contributed by atoms with van der Waals surface area (Å²) in [6.07, 6.45) is 3.42. The zero-order valence-electron chi connectivity index (χ0n) is 15.3. The average molecular weight is 366 g/mol. The Morgan fingerprint density at radius 1 is 1.08 bits per heavy atom. The lowest BCUT2D eigenvalue weighted by Crippen LogP contribution is -2.13. The third-order valence-electron chi connectivity index (χ3n) is 4.43. The summed E-state index contributed by atoms with van der Waals surface area (Å²) in [6.45, 7) is 3.70. The molecule has 0 aliphatic carbocycles. The van der Waals surface area contributed by atoms with Crippen molar-refractivity contribution in [2.45, 2.75) is 33.1 Å². The van der Waals surface area contributed by atoms with Crippen molar-refractivity contribution in [1.82, 2.24) is 4.57 Å². The molecule has 0 spiro atoms. The molecule has 0 unspecified atom stereocenters. The van der Waals surface area contributed by atoms with E-state index in [4.69, 9.17) is 0 Å². The quantitative estimate of drug-likeness (QED) is 0.623. The molecule has 0 aliphatic rings. The van der Waals surface area contributed by atoms with Crippen molar-refractivity contribution in [3.05, 3.63) is 64.0 Å². The highest BCUT2D eigenvalue weighted by Crippen LogP contribution is 2.19. The summed E-state index contributed by atoms with van der Waals surface area (Å²) in [6, 6.07) is 13.1. The number of fused-ring (bicyclic) bond motifs is 1. The van der Waals surface area contributed by atoms with Crippen LogP contribution in [-0.4, -0.2) is 16.3 Å². The number of Topliss-reactive ketones (excluding diaryl/α,β-unsaturated/α-hetero) is 1. The summed E-state index contributed by atoms with van der Waals surface area (Å²) in [7, 11) is 1.93. The number of aromatic nitrogens is 1. The number of thiazole rings is 1.